The summed E-state index contributed by atoms with van der Waals surface area (Å²) in [6.45, 7) is 6.03. The van der Waals surface area contributed by atoms with Gasteiger partial charge in [0, 0.05) is 6.04 Å². The minimum Gasteiger partial charge on any atom is -0.465 e. The summed E-state index contributed by atoms with van der Waals surface area (Å²) < 4.78 is 35.5. The molecular formula is C10H20N2O6S. The minimum atomic E-state index is -4.15. The third-order valence-electron chi connectivity index (χ3n) is 1.96. The molecule has 0 aliphatic heterocycles. The molecule has 0 fully saturated rings. The lowest BCUT2D eigenvalue weighted by molar-refractivity contribution is -0.143. The number of esters is 1. The van der Waals surface area contributed by atoms with Gasteiger partial charge in [-0.3, -0.25) is 4.79 Å². The first kappa shape index (κ1) is 17.6. The molecule has 112 valence electrons. The summed E-state index contributed by atoms with van der Waals surface area (Å²) in [6, 6.07) is -0.517. The van der Waals surface area contributed by atoms with E-state index >= 15 is 0 Å². The van der Waals surface area contributed by atoms with Gasteiger partial charge in [0.1, 0.15) is 6.54 Å². The zero-order valence-corrected chi connectivity index (χ0v) is 12.3. The largest absolute Gasteiger partial charge is 0.465 e. The molecule has 0 aliphatic carbocycles. The molecule has 0 rings (SSSR count). The highest BCUT2D eigenvalue weighted by atomic mass is 32.2. The molecule has 0 radical (unpaired) electrons. The number of nitrogens with one attached hydrogen (secondary N) is 1. The third-order valence-corrected chi connectivity index (χ3v) is 3.56. The molecule has 0 aromatic rings. The fourth-order valence-corrected chi connectivity index (χ4v) is 2.42. The van der Waals surface area contributed by atoms with Gasteiger partial charge in [-0.05, 0) is 27.7 Å². The van der Waals surface area contributed by atoms with Crippen molar-refractivity contribution in [3.63, 3.8) is 0 Å². The molecule has 0 saturated heterocycles. The van der Waals surface area contributed by atoms with Crippen molar-refractivity contribution in [2.45, 2.75) is 33.7 Å². The Balaban J connectivity index is 4.86. The predicted octanol–water partition coefficient (Wildman–Crippen LogP) is 0.251. The van der Waals surface area contributed by atoms with Crippen LogP contribution < -0.4 is 4.72 Å². The lowest BCUT2D eigenvalue weighted by Crippen LogP contribution is -2.49. The Kier molecular flexibility index (Phi) is 7.38. The fourth-order valence-electron chi connectivity index (χ4n) is 1.20. The van der Waals surface area contributed by atoms with Gasteiger partial charge in [0.05, 0.1) is 13.2 Å². The number of carbonyl (C=O) groups excluding carboxylic acids is 2. The predicted molar refractivity (Wildman–Crippen MR) is 67.6 cm³/mol. The lowest BCUT2D eigenvalue weighted by atomic mass is 10.4. The van der Waals surface area contributed by atoms with E-state index in [9.17, 15) is 18.0 Å². The van der Waals surface area contributed by atoms with Crippen LogP contribution in [-0.2, 0) is 24.5 Å². The smallest absolute Gasteiger partial charge is 0.421 e. The van der Waals surface area contributed by atoms with Crippen LogP contribution in [0.15, 0.2) is 0 Å². The molecule has 0 aliphatic rings. The van der Waals surface area contributed by atoms with Crippen LogP contribution in [0.5, 0.6) is 0 Å². The van der Waals surface area contributed by atoms with Gasteiger partial charge < -0.3 is 9.47 Å². The highest BCUT2D eigenvalue weighted by Crippen LogP contribution is 2.05. The van der Waals surface area contributed by atoms with Crippen LogP contribution in [0.1, 0.15) is 27.7 Å². The van der Waals surface area contributed by atoms with Crippen LogP contribution >= 0.6 is 0 Å². The number of rotatable bonds is 7. The van der Waals surface area contributed by atoms with E-state index < -0.39 is 34.9 Å². The van der Waals surface area contributed by atoms with E-state index in [1.165, 1.54) is 0 Å². The lowest BCUT2D eigenvalue weighted by Gasteiger charge is -2.24. The van der Waals surface area contributed by atoms with Gasteiger partial charge in [-0.25, -0.2) is 9.52 Å². The topological polar surface area (TPSA) is 102 Å². The standard InChI is InChI=1S/C10H20N2O6S/c1-5-17-9(13)7-12(8(3)4)19(15,16)11-10(14)18-6-2/h8H,5-7H2,1-4H3,(H,11,14). The highest BCUT2D eigenvalue weighted by Gasteiger charge is 2.29. The van der Waals surface area contributed by atoms with Gasteiger partial charge in [0.25, 0.3) is 0 Å². The summed E-state index contributed by atoms with van der Waals surface area (Å²) in [5.74, 6) is -0.689. The van der Waals surface area contributed by atoms with Gasteiger partial charge >= 0.3 is 22.3 Å². The number of hydrogen-bond donors (Lipinski definition) is 1. The van der Waals surface area contributed by atoms with Crippen LogP contribution in [0.4, 0.5) is 4.79 Å². The maximum atomic E-state index is 11.9. The molecule has 1 N–H and O–H groups in total. The first-order valence-corrected chi connectivity index (χ1v) is 7.30. The van der Waals surface area contributed by atoms with Crippen molar-refractivity contribution in [1.29, 1.82) is 0 Å². The maximum absolute atomic E-state index is 11.9. The van der Waals surface area contributed by atoms with E-state index in [0.29, 0.717) is 0 Å². The Labute approximate surface area is 113 Å². The van der Waals surface area contributed by atoms with Crippen LogP contribution in [-0.4, -0.2) is 50.6 Å². The second-order valence-electron chi connectivity index (χ2n) is 3.77. The summed E-state index contributed by atoms with van der Waals surface area (Å²) in [5.41, 5.74) is 0. The first-order chi connectivity index (χ1) is 8.74. The van der Waals surface area contributed by atoms with Crippen molar-refractivity contribution in [3.8, 4) is 0 Å². The summed E-state index contributed by atoms with van der Waals surface area (Å²) >= 11 is 0. The Morgan fingerprint density at radius 3 is 2.11 bits per heavy atom. The summed E-state index contributed by atoms with van der Waals surface area (Å²) in [6.07, 6.45) is -1.09. The van der Waals surface area contributed by atoms with E-state index in [-0.39, 0.29) is 13.2 Å². The van der Waals surface area contributed by atoms with Crippen molar-refractivity contribution in [1.82, 2.24) is 9.03 Å². The van der Waals surface area contributed by atoms with Gasteiger partial charge in [-0.1, -0.05) is 0 Å². The molecule has 1 amide bonds. The number of ether oxygens (including phenoxy) is 2. The molecular weight excluding hydrogens is 276 g/mol. The SMILES string of the molecule is CCOC(=O)CN(C(C)C)S(=O)(=O)NC(=O)OCC. The van der Waals surface area contributed by atoms with Gasteiger partial charge in [0.15, 0.2) is 0 Å². The van der Waals surface area contributed by atoms with Crippen LogP contribution in [0, 0.1) is 0 Å². The number of carbonyl (C=O) groups is 2. The van der Waals surface area contributed by atoms with E-state index in [1.54, 1.807) is 32.4 Å². The zero-order chi connectivity index (χ0) is 15.1. The van der Waals surface area contributed by atoms with Gasteiger partial charge in [0.2, 0.25) is 0 Å². The Bertz CT molecular complexity index is 406. The summed E-state index contributed by atoms with van der Waals surface area (Å²) in [7, 11) is -4.15. The van der Waals surface area contributed by atoms with Crippen molar-refractivity contribution in [2.24, 2.45) is 0 Å². The number of nitrogens with zero attached hydrogens (tertiary/aromatic N) is 1. The van der Waals surface area contributed by atoms with E-state index in [2.05, 4.69) is 9.47 Å². The summed E-state index contributed by atoms with van der Waals surface area (Å²) in [5, 5.41) is 0. The molecule has 0 bridgehead atoms. The molecule has 19 heavy (non-hydrogen) atoms. The highest BCUT2D eigenvalue weighted by molar-refractivity contribution is 7.87. The van der Waals surface area contributed by atoms with Crippen molar-refractivity contribution >= 4 is 22.3 Å². The molecule has 0 aromatic carbocycles. The van der Waals surface area contributed by atoms with Gasteiger partial charge in [-0.15, -0.1) is 0 Å². The molecule has 0 aromatic heterocycles. The van der Waals surface area contributed by atoms with Crippen LogP contribution in [0.3, 0.4) is 0 Å². The Morgan fingerprint density at radius 2 is 1.68 bits per heavy atom. The Hall–Kier alpha value is -1.35. The van der Waals surface area contributed by atoms with Crippen LogP contribution in [0.25, 0.3) is 0 Å². The quantitative estimate of drug-likeness (QED) is 0.676. The molecule has 0 heterocycles. The minimum absolute atomic E-state index is 0.0426. The number of hydrogen-bond acceptors (Lipinski definition) is 6. The molecule has 0 atom stereocenters. The van der Waals surface area contributed by atoms with Crippen molar-refractivity contribution in [2.75, 3.05) is 19.8 Å². The Morgan fingerprint density at radius 1 is 1.16 bits per heavy atom. The molecule has 0 spiro atoms. The van der Waals surface area contributed by atoms with Crippen molar-refractivity contribution < 1.29 is 27.5 Å². The summed E-state index contributed by atoms with van der Waals surface area (Å²) in [4.78, 5) is 22.5. The average Bonchev–Trinajstić information content (AvgIpc) is 2.25. The monoisotopic (exact) mass is 296 g/mol. The third kappa shape index (κ3) is 6.39. The van der Waals surface area contributed by atoms with E-state index in [4.69, 9.17) is 0 Å². The number of amides is 1. The molecule has 8 nitrogen and oxygen atoms in total. The maximum Gasteiger partial charge on any atom is 0.421 e. The average molecular weight is 296 g/mol. The van der Waals surface area contributed by atoms with Crippen molar-refractivity contribution in [3.05, 3.63) is 0 Å². The fraction of sp³-hybridized carbons (Fsp3) is 0.800. The first-order valence-electron chi connectivity index (χ1n) is 5.86. The zero-order valence-electron chi connectivity index (χ0n) is 11.5. The van der Waals surface area contributed by atoms with E-state index in [1.807, 2.05) is 0 Å². The molecule has 9 heteroatoms. The second kappa shape index (κ2) is 7.95. The van der Waals surface area contributed by atoms with Crippen LogP contribution in [0.2, 0.25) is 0 Å². The molecule has 0 unspecified atom stereocenters. The normalized spacial score (nSPS) is 11.5. The second-order valence-corrected chi connectivity index (χ2v) is 5.39. The van der Waals surface area contributed by atoms with Gasteiger partial charge in [-0.2, -0.15) is 12.7 Å². The molecule has 0 saturated carbocycles. The van der Waals surface area contributed by atoms with E-state index in [0.717, 1.165) is 4.31 Å².